The molecule has 1 saturated heterocycles. The minimum atomic E-state index is -0.894. The van der Waals surface area contributed by atoms with Crippen LogP contribution in [-0.4, -0.2) is 32.8 Å². The summed E-state index contributed by atoms with van der Waals surface area (Å²) in [5, 5.41) is 12.9. The summed E-state index contributed by atoms with van der Waals surface area (Å²) in [6.07, 6.45) is 0.290. The summed E-state index contributed by atoms with van der Waals surface area (Å²) in [7, 11) is 0. The number of hydrogen-bond donors (Lipinski definition) is 1. The average Bonchev–Trinajstić information content (AvgIpc) is 3.22. The van der Waals surface area contributed by atoms with Crippen molar-refractivity contribution < 1.29 is 14.7 Å². The highest BCUT2D eigenvalue weighted by atomic mass is 32.2. The average molecular weight is 485 g/mol. The fourth-order valence-electron chi connectivity index (χ4n) is 4.81. The Hall–Kier alpha value is -3.42. The Bertz CT molecular complexity index is 1520. The Kier molecular flexibility index (Phi) is 5.23. The molecule has 34 heavy (non-hydrogen) atoms. The molecule has 0 radical (unpaired) electrons. The van der Waals surface area contributed by atoms with Crippen LogP contribution in [0.1, 0.15) is 30.0 Å². The van der Waals surface area contributed by atoms with E-state index >= 15 is 0 Å². The molecule has 1 atom stereocenters. The SMILES string of the molecule is O=C(O)CC1=C(c2ccc3sc4ccccc4c3c2)N=C2SC(=O)CCN2C1c1ccccc1. The summed E-state index contributed by atoms with van der Waals surface area (Å²) < 4.78 is 2.39. The van der Waals surface area contributed by atoms with Crippen molar-refractivity contribution in [3.63, 3.8) is 0 Å². The van der Waals surface area contributed by atoms with Crippen LogP contribution in [0.2, 0.25) is 0 Å². The Morgan fingerprint density at radius 1 is 1.00 bits per heavy atom. The Morgan fingerprint density at radius 2 is 1.76 bits per heavy atom. The van der Waals surface area contributed by atoms with E-state index in [-0.39, 0.29) is 17.6 Å². The van der Waals surface area contributed by atoms with Gasteiger partial charge in [-0.25, -0.2) is 4.99 Å². The quantitative estimate of drug-likeness (QED) is 0.367. The summed E-state index contributed by atoms with van der Waals surface area (Å²) >= 11 is 2.89. The van der Waals surface area contributed by atoms with E-state index in [1.165, 1.54) is 14.8 Å². The van der Waals surface area contributed by atoms with Crippen molar-refractivity contribution in [2.75, 3.05) is 6.54 Å². The van der Waals surface area contributed by atoms with Gasteiger partial charge in [0.1, 0.15) is 0 Å². The molecule has 7 heteroatoms. The number of nitrogens with zero attached hydrogens (tertiary/aromatic N) is 2. The van der Waals surface area contributed by atoms with E-state index in [1.807, 2.05) is 48.5 Å². The standard InChI is InChI=1S/C27H20N2O3S2/c30-23(31)15-20-25(17-10-11-22-19(14-17)18-8-4-5-9-21(18)33-22)28-27-29(13-12-24(32)34-27)26(20)16-6-2-1-3-7-16/h1-11,14,26H,12-13,15H2,(H,30,31). The van der Waals surface area contributed by atoms with E-state index in [9.17, 15) is 14.7 Å². The number of carbonyl (C=O) groups excluding carboxylic acids is 1. The zero-order valence-electron chi connectivity index (χ0n) is 18.1. The largest absolute Gasteiger partial charge is 0.481 e. The smallest absolute Gasteiger partial charge is 0.307 e. The number of aliphatic imine (C=N–C) groups is 1. The van der Waals surface area contributed by atoms with E-state index in [0.717, 1.165) is 33.8 Å². The van der Waals surface area contributed by atoms with Crippen molar-refractivity contribution in [3.8, 4) is 0 Å². The van der Waals surface area contributed by atoms with E-state index in [0.29, 0.717) is 23.8 Å². The number of hydrogen-bond acceptors (Lipinski definition) is 6. The van der Waals surface area contributed by atoms with Crippen LogP contribution in [-0.2, 0) is 9.59 Å². The highest BCUT2D eigenvalue weighted by Crippen LogP contribution is 2.45. The fraction of sp³-hybridized carbons (Fsp3) is 0.148. The molecule has 3 heterocycles. The summed E-state index contributed by atoms with van der Waals surface area (Å²) in [5.74, 6) is -0.894. The molecule has 2 aliphatic heterocycles. The van der Waals surface area contributed by atoms with Gasteiger partial charge in [0.05, 0.1) is 18.2 Å². The number of thioether (sulfide) groups is 1. The predicted molar refractivity (Wildman–Crippen MR) is 139 cm³/mol. The summed E-state index contributed by atoms with van der Waals surface area (Å²) in [6.45, 7) is 0.523. The first-order valence-corrected chi connectivity index (χ1v) is 12.7. The van der Waals surface area contributed by atoms with Gasteiger partial charge < -0.3 is 10.0 Å². The lowest BCUT2D eigenvalue weighted by molar-refractivity contribution is -0.136. The minimum absolute atomic E-state index is 0.0853. The second kappa shape index (κ2) is 8.42. The zero-order valence-corrected chi connectivity index (χ0v) is 19.7. The first-order valence-electron chi connectivity index (χ1n) is 11.1. The van der Waals surface area contributed by atoms with Crippen molar-refractivity contribution >= 4 is 65.2 Å². The molecule has 4 aromatic rings. The Morgan fingerprint density at radius 3 is 2.59 bits per heavy atom. The normalized spacial score (nSPS) is 18.4. The molecule has 1 aromatic heterocycles. The summed E-state index contributed by atoms with van der Waals surface area (Å²) in [5.41, 5.74) is 3.28. The molecule has 5 nitrogen and oxygen atoms in total. The van der Waals surface area contributed by atoms with Gasteiger partial charge in [-0.2, -0.15) is 0 Å². The number of carboxylic acids is 1. The summed E-state index contributed by atoms with van der Waals surface area (Å²) in [6, 6.07) is 24.1. The number of benzene rings is 3. The minimum Gasteiger partial charge on any atom is -0.481 e. The molecule has 1 unspecified atom stereocenters. The molecular weight excluding hydrogens is 464 g/mol. The number of rotatable bonds is 4. The second-order valence-corrected chi connectivity index (χ2v) is 10.5. The molecule has 0 amide bonds. The molecule has 1 N–H and O–H groups in total. The third-order valence-electron chi connectivity index (χ3n) is 6.27. The van der Waals surface area contributed by atoms with Crippen LogP contribution in [0.25, 0.3) is 25.9 Å². The number of fused-ring (bicyclic) bond motifs is 4. The molecule has 0 bridgehead atoms. The number of aliphatic carboxylic acids is 1. The lowest BCUT2D eigenvalue weighted by atomic mass is 9.89. The number of carboxylic acid groups (broad SMARTS) is 1. The second-order valence-electron chi connectivity index (χ2n) is 8.38. The molecule has 0 saturated carbocycles. The Labute approximate surface area is 204 Å². The topological polar surface area (TPSA) is 70.0 Å². The lowest BCUT2D eigenvalue weighted by Crippen LogP contribution is -2.42. The van der Waals surface area contributed by atoms with Gasteiger partial charge in [-0.15, -0.1) is 11.3 Å². The highest BCUT2D eigenvalue weighted by Gasteiger charge is 2.38. The van der Waals surface area contributed by atoms with Crippen LogP contribution in [0.15, 0.2) is 83.4 Å². The zero-order chi connectivity index (χ0) is 23.2. The highest BCUT2D eigenvalue weighted by molar-refractivity contribution is 8.26. The molecular formula is C27H20N2O3S2. The third-order valence-corrected chi connectivity index (χ3v) is 8.36. The van der Waals surface area contributed by atoms with Crippen molar-refractivity contribution in [2.24, 2.45) is 4.99 Å². The molecule has 168 valence electrons. The van der Waals surface area contributed by atoms with Crippen LogP contribution in [0, 0.1) is 0 Å². The molecule has 6 rings (SSSR count). The van der Waals surface area contributed by atoms with Gasteiger partial charge in [-0.3, -0.25) is 9.59 Å². The Balaban J connectivity index is 1.60. The first-order chi connectivity index (χ1) is 16.6. The van der Waals surface area contributed by atoms with E-state index in [4.69, 9.17) is 4.99 Å². The van der Waals surface area contributed by atoms with Gasteiger partial charge in [0, 0.05) is 38.7 Å². The van der Waals surface area contributed by atoms with Gasteiger partial charge in [0.15, 0.2) is 10.3 Å². The van der Waals surface area contributed by atoms with Crippen LogP contribution in [0.5, 0.6) is 0 Å². The maximum atomic E-state index is 12.3. The molecule has 2 aliphatic rings. The number of thiophene rings is 1. The van der Waals surface area contributed by atoms with E-state index < -0.39 is 5.97 Å². The predicted octanol–water partition coefficient (Wildman–Crippen LogP) is 6.32. The monoisotopic (exact) mass is 484 g/mol. The number of amidine groups is 1. The maximum Gasteiger partial charge on any atom is 0.307 e. The van der Waals surface area contributed by atoms with Crippen molar-refractivity contribution in [1.82, 2.24) is 4.90 Å². The summed E-state index contributed by atoms with van der Waals surface area (Å²) in [4.78, 5) is 31.3. The first kappa shape index (κ1) is 21.1. The lowest BCUT2D eigenvalue weighted by Gasteiger charge is -2.41. The van der Waals surface area contributed by atoms with Crippen LogP contribution in [0.3, 0.4) is 0 Å². The van der Waals surface area contributed by atoms with Gasteiger partial charge in [0.25, 0.3) is 0 Å². The van der Waals surface area contributed by atoms with Gasteiger partial charge >= 0.3 is 5.97 Å². The van der Waals surface area contributed by atoms with Crippen molar-refractivity contribution in [2.45, 2.75) is 18.9 Å². The van der Waals surface area contributed by atoms with E-state index in [1.54, 1.807) is 11.3 Å². The third kappa shape index (κ3) is 3.61. The van der Waals surface area contributed by atoms with Gasteiger partial charge in [0.2, 0.25) is 0 Å². The van der Waals surface area contributed by atoms with Crippen molar-refractivity contribution in [1.29, 1.82) is 0 Å². The maximum absolute atomic E-state index is 12.3. The van der Waals surface area contributed by atoms with Gasteiger partial charge in [-0.1, -0.05) is 54.6 Å². The molecule has 1 fully saturated rings. The molecule has 3 aromatic carbocycles. The molecule has 0 spiro atoms. The van der Waals surface area contributed by atoms with Crippen LogP contribution in [0.4, 0.5) is 0 Å². The van der Waals surface area contributed by atoms with E-state index in [2.05, 4.69) is 29.2 Å². The van der Waals surface area contributed by atoms with Gasteiger partial charge in [-0.05, 0) is 41.1 Å². The van der Waals surface area contributed by atoms with Crippen molar-refractivity contribution in [3.05, 3.63) is 89.5 Å². The number of carbonyl (C=O) groups is 2. The van der Waals surface area contributed by atoms with Crippen LogP contribution >= 0.6 is 23.1 Å². The van der Waals surface area contributed by atoms with Crippen LogP contribution < -0.4 is 0 Å². The fourth-order valence-corrected chi connectivity index (χ4v) is 6.75. The molecule has 0 aliphatic carbocycles.